The molecule has 0 spiro atoms. The second-order valence-electron chi connectivity index (χ2n) is 6.17. The van der Waals surface area contributed by atoms with Gasteiger partial charge in [-0.3, -0.25) is 0 Å². The molecule has 2 N–H and O–H groups in total. The van der Waals surface area contributed by atoms with Crippen molar-refractivity contribution < 1.29 is 31.1 Å². The molecule has 0 saturated heterocycles. The van der Waals surface area contributed by atoms with Crippen LogP contribution in [0, 0.1) is 0 Å². The lowest BCUT2D eigenvalue weighted by Gasteiger charge is -2.29. The molecule has 6 nitrogen and oxygen atoms in total. The molecule has 1 unspecified atom stereocenters. The van der Waals surface area contributed by atoms with Crippen LogP contribution >= 0.6 is 0 Å². The standard InChI is InChI=1S/C18H17F3N2O4S/c1-2-9-27-17(24)12-5-3-11(4-6-12)16-22-14-10-13(18(19,20)21)7-8-15(14)28(25,26)23-16/h3-8,10,16,22-23H,2,9H2,1H3. The van der Waals surface area contributed by atoms with Gasteiger partial charge in [0.2, 0.25) is 10.0 Å². The predicted molar refractivity (Wildman–Crippen MR) is 95.1 cm³/mol. The average molecular weight is 414 g/mol. The Hall–Kier alpha value is -2.59. The summed E-state index contributed by atoms with van der Waals surface area (Å²) >= 11 is 0. The number of alkyl halides is 3. The molecular weight excluding hydrogens is 397 g/mol. The summed E-state index contributed by atoms with van der Waals surface area (Å²) in [6.07, 6.45) is -4.90. The van der Waals surface area contributed by atoms with E-state index < -0.39 is 33.9 Å². The van der Waals surface area contributed by atoms with E-state index in [9.17, 15) is 26.4 Å². The predicted octanol–water partition coefficient (Wildman–Crippen LogP) is 3.67. The summed E-state index contributed by atoms with van der Waals surface area (Å²) in [5.41, 5.74) is -0.386. The largest absolute Gasteiger partial charge is 0.462 e. The quantitative estimate of drug-likeness (QED) is 0.746. The minimum atomic E-state index is -4.60. The Labute approximate surface area is 159 Å². The van der Waals surface area contributed by atoms with Crippen LogP contribution in [0.1, 0.15) is 41.0 Å². The molecule has 0 aliphatic carbocycles. The molecule has 1 aliphatic heterocycles. The molecule has 3 rings (SSSR count). The van der Waals surface area contributed by atoms with E-state index in [1.165, 1.54) is 24.3 Å². The second kappa shape index (κ2) is 7.44. The van der Waals surface area contributed by atoms with Gasteiger partial charge in [-0.25, -0.2) is 13.2 Å². The maximum atomic E-state index is 12.9. The zero-order valence-electron chi connectivity index (χ0n) is 14.7. The van der Waals surface area contributed by atoms with Gasteiger partial charge in [-0.1, -0.05) is 19.1 Å². The summed E-state index contributed by atoms with van der Waals surface area (Å²) in [4.78, 5) is 11.6. The number of halogens is 3. The number of carbonyl (C=O) groups is 1. The molecule has 150 valence electrons. The molecule has 0 saturated carbocycles. The lowest BCUT2D eigenvalue weighted by Crippen LogP contribution is -2.38. The van der Waals surface area contributed by atoms with Crippen LogP contribution in [0.25, 0.3) is 0 Å². The van der Waals surface area contributed by atoms with Crippen molar-refractivity contribution in [1.29, 1.82) is 0 Å². The lowest BCUT2D eigenvalue weighted by atomic mass is 10.1. The minimum Gasteiger partial charge on any atom is -0.462 e. The zero-order chi connectivity index (χ0) is 20.5. The van der Waals surface area contributed by atoms with Crippen LogP contribution < -0.4 is 10.0 Å². The first-order valence-electron chi connectivity index (χ1n) is 8.39. The van der Waals surface area contributed by atoms with Gasteiger partial charge >= 0.3 is 12.1 Å². The van der Waals surface area contributed by atoms with Crippen molar-refractivity contribution in [3.05, 3.63) is 59.2 Å². The molecule has 1 heterocycles. The summed E-state index contributed by atoms with van der Waals surface area (Å²) in [5, 5.41) is 2.76. The number of sulfonamides is 1. The van der Waals surface area contributed by atoms with E-state index in [0.29, 0.717) is 12.0 Å². The third kappa shape index (κ3) is 4.12. The van der Waals surface area contributed by atoms with Gasteiger partial charge < -0.3 is 10.1 Å². The highest BCUT2D eigenvalue weighted by atomic mass is 32.2. The van der Waals surface area contributed by atoms with Gasteiger partial charge in [-0.15, -0.1) is 0 Å². The van der Waals surface area contributed by atoms with Gasteiger partial charge in [-0.2, -0.15) is 17.9 Å². The molecule has 0 fully saturated rings. The summed E-state index contributed by atoms with van der Waals surface area (Å²) in [6.45, 7) is 2.14. The highest BCUT2D eigenvalue weighted by molar-refractivity contribution is 7.89. The lowest BCUT2D eigenvalue weighted by molar-refractivity contribution is -0.137. The van der Waals surface area contributed by atoms with E-state index in [1.807, 2.05) is 6.92 Å². The molecular formula is C18H17F3N2O4S. The fourth-order valence-electron chi connectivity index (χ4n) is 2.70. The number of anilines is 1. The van der Waals surface area contributed by atoms with Crippen LogP contribution in [0.4, 0.5) is 18.9 Å². The third-order valence-electron chi connectivity index (χ3n) is 4.09. The molecule has 0 amide bonds. The monoisotopic (exact) mass is 414 g/mol. The fraction of sp³-hybridized carbons (Fsp3) is 0.278. The van der Waals surface area contributed by atoms with Crippen molar-refractivity contribution in [2.24, 2.45) is 0 Å². The average Bonchev–Trinajstić information content (AvgIpc) is 2.64. The van der Waals surface area contributed by atoms with Gasteiger partial charge in [0.15, 0.2) is 0 Å². The van der Waals surface area contributed by atoms with Crippen LogP contribution in [-0.4, -0.2) is 21.0 Å². The minimum absolute atomic E-state index is 0.148. The summed E-state index contributed by atoms with van der Waals surface area (Å²) in [5.74, 6) is -0.509. The Kier molecular flexibility index (Phi) is 5.35. The maximum absolute atomic E-state index is 12.9. The van der Waals surface area contributed by atoms with E-state index in [-0.39, 0.29) is 22.8 Å². The zero-order valence-corrected chi connectivity index (χ0v) is 15.5. The number of nitrogens with one attached hydrogen (secondary N) is 2. The number of ether oxygens (including phenoxy) is 1. The summed E-state index contributed by atoms with van der Waals surface area (Å²) in [6, 6.07) is 8.32. The van der Waals surface area contributed by atoms with Crippen LogP contribution in [0.15, 0.2) is 47.4 Å². The van der Waals surface area contributed by atoms with E-state index in [2.05, 4.69) is 10.0 Å². The number of benzene rings is 2. The van der Waals surface area contributed by atoms with Crippen molar-refractivity contribution in [3.63, 3.8) is 0 Å². The van der Waals surface area contributed by atoms with Crippen LogP contribution in [0.2, 0.25) is 0 Å². The fourth-order valence-corrected chi connectivity index (χ4v) is 3.98. The van der Waals surface area contributed by atoms with Crippen molar-refractivity contribution in [3.8, 4) is 0 Å². The Morgan fingerprint density at radius 3 is 2.43 bits per heavy atom. The van der Waals surface area contributed by atoms with Gasteiger partial charge in [-0.05, 0) is 42.3 Å². The number of carbonyl (C=O) groups excluding carboxylic acids is 1. The smallest absolute Gasteiger partial charge is 0.416 e. The number of esters is 1. The highest BCUT2D eigenvalue weighted by Crippen LogP contribution is 2.37. The molecule has 10 heteroatoms. The summed E-state index contributed by atoms with van der Waals surface area (Å²) < 4.78 is 71.0. The van der Waals surface area contributed by atoms with Crippen LogP contribution in [0.5, 0.6) is 0 Å². The molecule has 1 aliphatic rings. The van der Waals surface area contributed by atoms with Crippen molar-refractivity contribution >= 4 is 21.7 Å². The Bertz CT molecular complexity index is 989. The second-order valence-corrected chi connectivity index (χ2v) is 7.85. The van der Waals surface area contributed by atoms with Crippen LogP contribution in [0.3, 0.4) is 0 Å². The number of rotatable bonds is 4. The molecule has 1 atom stereocenters. The van der Waals surface area contributed by atoms with E-state index in [4.69, 9.17) is 4.74 Å². The molecule has 28 heavy (non-hydrogen) atoms. The number of hydrogen-bond acceptors (Lipinski definition) is 5. The highest BCUT2D eigenvalue weighted by Gasteiger charge is 2.35. The normalized spacial score (nSPS) is 18.1. The maximum Gasteiger partial charge on any atom is 0.416 e. The van der Waals surface area contributed by atoms with Crippen molar-refractivity contribution in [1.82, 2.24) is 4.72 Å². The molecule has 2 aromatic rings. The van der Waals surface area contributed by atoms with Gasteiger partial charge in [0.25, 0.3) is 0 Å². The first-order valence-corrected chi connectivity index (χ1v) is 9.87. The Morgan fingerprint density at radius 1 is 1.14 bits per heavy atom. The third-order valence-corrected chi connectivity index (χ3v) is 5.57. The van der Waals surface area contributed by atoms with Crippen molar-refractivity contribution in [2.45, 2.75) is 30.6 Å². The Balaban J connectivity index is 1.88. The van der Waals surface area contributed by atoms with Crippen molar-refractivity contribution in [2.75, 3.05) is 11.9 Å². The van der Waals surface area contributed by atoms with E-state index in [1.54, 1.807) is 0 Å². The van der Waals surface area contributed by atoms with Gasteiger partial charge in [0.05, 0.1) is 23.4 Å². The molecule has 0 radical (unpaired) electrons. The molecule has 2 aromatic carbocycles. The molecule has 0 bridgehead atoms. The Morgan fingerprint density at radius 2 is 1.82 bits per heavy atom. The number of fused-ring (bicyclic) bond motifs is 1. The first-order chi connectivity index (χ1) is 13.1. The van der Waals surface area contributed by atoms with Gasteiger partial charge in [0.1, 0.15) is 11.1 Å². The first kappa shape index (κ1) is 20.2. The topological polar surface area (TPSA) is 84.5 Å². The summed E-state index contributed by atoms with van der Waals surface area (Å²) in [7, 11) is -4.01. The SMILES string of the molecule is CCCOC(=O)c1ccc(C2Nc3cc(C(F)(F)F)ccc3S(=O)(=O)N2)cc1. The van der Waals surface area contributed by atoms with Gasteiger partial charge in [0, 0.05) is 0 Å². The van der Waals surface area contributed by atoms with Crippen LogP contribution in [-0.2, 0) is 20.9 Å². The number of hydrogen-bond donors (Lipinski definition) is 2. The van der Waals surface area contributed by atoms with E-state index >= 15 is 0 Å². The van der Waals surface area contributed by atoms with E-state index in [0.717, 1.165) is 18.2 Å². The molecule has 0 aromatic heterocycles.